The van der Waals surface area contributed by atoms with Crippen LogP contribution in [0, 0.1) is 0 Å². The third-order valence-electron chi connectivity index (χ3n) is 6.47. The van der Waals surface area contributed by atoms with Gasteiger partial charge in [0.1, 0.15) is 5.82 Å². The van der Waals surface area contributed by atoms with Crippen molar-refractivity contribution < 1.29 is 9.53 Å². The zero-order valence-electron chi connectivity index (χ0n) is 18.7. The Kier molecular flexibility index (Phi) is 7.71. The van der Waals surface area contributed by atoms with Crippen LogP contribution in [0.25, 0.3) is 0 Å². The Morgan fingerprint density at radius 3 is 2.74 bits per heavy atom. The van der Waals surface area contributed by atoms with E-state index in [0.29, 0.717) is 6.10 Å². The molecule has 0 bridgehead atoms. The van der Waals surface area contributed by atoms with E-state index in [0.717, 1.165) is 76.1 Å². The average Bonchev–Trinajstić information content (AvgIpc) is 2.80. The molecule has 5 heteroatoms. The van der Waals surface area contributed by atoms with E-state index in [9.17, 15) is 4.79 Å². The van der Waals surface area contributed by atoms with Gasteiger partial charge >= 0.3 is 0 Å². The molecule has 2 aliphatic rings. The first-order valence-electron chi connectivity index (χ1n) is 11.8. The Labute approximate surface area is 186 Å². The highest BCUT2D eigenvalue weighted by Crippen LogP contribution is 2.26. The molecule has 1 aromatic carbocycles. The van der Waals surface area contributed by atoms with Crippen molar-refractivity contribution in [3.8, 4) is 0 Å². The number of aryl methyl sites for hydroxylation is 2. The number of carbonyl (C=O) groups is 1. The van der Waals surface area contributed by atoms with E-state index in [4.69, 9.17) is 9.72 Å². The summed E-state index contributed by atoms with van der Waals surface area (Å²) in [4.78, 5) is 19.4. The number of ketones is 1. The van der Waals surface area contributed by atoms with Gasteiger partial charge in [0.15, 0.2) is 5.78 Å². The molecule has 0 unspecified atom stereocenters. The van der Waals surface area contributed by atoms with Gasteiger partial charge in [-0.25, -0.2) is 4.98 Å². The Hall–Kier alpha value is -2.24. The molecule has 1 atom stereocenters. The number of piperidine rings is 1. The normalized spacial score (nSPS) is 18.2. The topological polar surface area (TPSA) is 54.5 Å². The van der Waals surface area contributed by atoms with Crippen LogP contribution < -0.4 is 5.32 Å². The fourth-order valence-corrected chi connectivity index (χ4v) is 4.80. The molecular weight excluding hydrogens is 386 g/mol. The third-order valence-corrected chi connectivity index (χ3v) is 6.47. The Morgan fingerprint density at radius 1 is 1.16 bits per heavy atom. The van der Waals surface area contributed by atoms with Gasteiger partial charge in [0, 0.05) is 31.9 Å². The minimum Gasteiger partial charge on any atom is -0.378 e. The monoisotopic (exact) mass is 421 g/mol. The summed E-state index contributed by atoms with van der Waals surface area (Å²) in [6.07, 6.45) is 7.81. The van der Waals surface area contributed by atoms with Gasteiger partial charge in [0.25, 0.3) is 0 Å². The molecule has 0 radical (unpaired) electrons. The van der Waals surface area contributed by atoms with Crippen molar-refractivity contribution in [1.82, 2.24) is 9.88 Å². The second-order valence-electron chi connectivity index (χ2n) is 8.83. The van der Waals surface area contributed by atoms with Crippen molar-refractivity contribution in [2.24, 2.45) is 0 Å². The van der Waals surface area contributed by atoms with E-state index in [1.807, 2.05) is 18.2 Å². The van der Waals surface area contributed by atoms with Gasteiger partial charge < -0.3 is 10.1 Å². The number of carbonyl (C=O) groups excluding carboxylic acids is 1. The number of hydrogen-bond acceptors (Lipinski definition) is 5. The lowest BCUT2D eigenvalue weighted by Crippen LogP contribution is -2.41. The standard InChI is InChI=1S/C26H35N3O2/c1-20(30)25(21-8-3-2-4-9-21)29-17-14-24(15-18-29)31-19-6-5-11-23-13-12-22-10-7-16-27-26(22)28-23/h2-4,8-9,12-13,24-25H,5-7,10-11,14-19H2,1H3,(H,27,28)/t25-/m0/s1. The lowest BCUT2D eigenvalue weighted by molar-refractivity contribution is -0.123. The quantitative estimate of drug-likeness (QED) is 0.601. The maximum atomic E-state index is 12.3. The molecule has 5 nitrogen and oxygen atoms in total. The molecule has 2 aromatic rings. The number of rotatable bonds is 9. The highest BCUT2D eigenvalue weighted by Gasteiger charge is 2.29. The number of Topliss-reactive ketones (excluding diaryl/α,β-unsaturated/α-hetero) is 1. The molecule has 166 valence electrons. The first kappa shape index (κ1) is 22.0. The predicted octanol–water partition coefficient (Wildman–Crippen LogP) is 4.57. The van der Waals surface area contributed by atoms with Crippen molar-refractivity contribution in [3.05, 3.63) is 59.3 Å². The van der Waals surface area contributed by atoms with Crippen molar-refractivity contribution in [1.29, 1.82) is 0 Å². The first-order chi connectivity index (χ1) is 15.2. The van der Waals surface area contributed by atoms with Gasteiger partial charge in [-0.2, -0.15) is 0 Å². The van der Waals surface area contributed by atoms with Crippen LogP contribution in [0.15, 0.2) is 42.5 Å². The van der Waals surface area contributed by atoms with Crippen LogP contribution in [-0.4, -0.2) is 48.0 Å². The van der Waals surface area contributed by atoms with Gasteiger partial charge in [0.2, 0.25) is 0 Å². The van der Waals surface area contributed by atoms with Crippen molar-refractivity contribution >= 4 is 11.6 Å². The molecule has 31 heavy (non-hydrogen) atoms. The number of likely N-dealkylation sites (tertiary alicyclic amines) is 1. The molecule has 1 saturated heterocycles. The molecule has 3 heterocycles. The number of ether oxygens (including phenoxy) is 1. The van der Waals surface area contributed by atoms with Crippen LogP contribution in [0.2, 0.25) is 0 Å². The smallest absolute Gasteiger partial charge is 0.151 e. The minimum absolute atomic E-state index is 0.124. The zero-order chi connectivity index (χ0) is 21.5. The Bertz CT molecular complexity index is 847. The van der Waals surface area contributed by atoms with Crippen LogP contribution in [0.5, 0.6) is 0 Å². The molecule has 0 spiro atoms. The van der Waals surface area contributed by atoms with Gasteiger partial charge in [-0.3, -0.25) is 9.69 Å². The summed E-state index contributed by atoms with van der Waals surface area (Å²) in [5.74, 6) is 1.31. The lowest BCUT2D eigenvalue weighted by Gasteiger charge is -2.36. The highest BCUT2D eigenvalue weighted by molar-refractivity contribution is 5.82. The van der Waals surface area contributed by atoms with E-state index >= 15 is 0 Å². The van der Waals surface area contributed by atoms with Gasteiger partial charge in [0.05, 0.1) is 12.1 Å². The van der Waals surface area contributed by atoms with Crippen LogP contribution >= 0.6 is 0 Å². The van der Waals surface area contributed by atoms with Crippen molar-refractivity contribution in [3.63, 3.8) is 0 Å². The summed E-state index contributed by atoms with van der Waals surface area (Å²) < 4.78 is 6.16. The van der Waals surface area contributed by atoms with Gasteiger partial charge in [-0.1, -0.05) is 36.4 Å². The van der Waals surface area contributed by atoms with E-state index < -0.39 is 0 Å². The molecule has 0 aliphatic carbocycles. The molecule has 1 N–H and O–H groups in total. The second kappa shape index (κ2) is 10.9. The number of benzene rings is 1. The average molecular weight is 422 g/mol. The lowest BCUT2D eigenvalue weighted by atomic mass is 9.98. The van der Waals surface area contributed by atoms with Crippen molar-refractivity contribution in [2.75, 3.05) is 31.6 Å². The molecule has 2 aliphatic heterocycles. The Morgan fingerprint density at radius 2 is 1.97 bits per heavy atom. The number of pyridine rings is 1. The highest BCUT2D eigenvalue weighted by atomic mass is 16.5. The number of hydrogen-bond donors (Lipinski definition) is 1. The predicted molar refractivity (Wildman–Crippen MR) is 124 cm³/mol. The van der Waals surface area contributed by atoms with E-state index in [-0.39, 0.29) is 11.8 Å². The first-order valence-corrected chi connectivity index (χ1v) is 11.8. The summed E-state index contributed by atoms with van der Waals surface area (Å²) in [6, 6.07) is 14.4. The van der Waals surface area contributed by atoms with Crippen LogP contribution in [0.4, 0.5) is 5.82 Å². The number of anilines is 1. The largest absolute Gasteiger partial charge is 0.378 e. The van der Waals surface area contributed by atoms with E-state index in [1.54, 1.807) is 6.92 Å². The molecular formula is C26H35N3O2. The summed E-state index contributed by atoms with van der Waals surface area (Å²) in [5, 5.41) is 3.42. The summed E-state index contributed by atoms with van der Waals surface area (Å²) in [6.45, 7) is 5.37. The van der Waals surface area contributed by atoms with Crippen LogP contribution in [0.3, 0.4) is 0 Å². The summed E-state index contributed by atoms with van der Waals surface area (Å²) >= 11 is 0. The number of fused-ring (bicyclic) bond motifs is 1. The second-order valence-corrected chi connectivity index (χ2v) is 8.83. The number of unbranched alkanes of at least 4 members (excludes halogenated alkanes) is 1. The maximum Gasteiger partial charge on any atom is 0.151 e. The zero-order valence-corrected chi connectivity index (χ0v) is 18.7. The van der Waals surface area contributed by atoms with E-state index in [1.165, 1.54) is 17.7 Å². The van der Waals surface area contributed by atoms with E-state index in [2.05, 4.69) is 34.5 Å². The van der Waals surface area contributed by atoms with Gasteiger partial charge in [-0.05, 0) is 69.1 Å². The molecule has 4 rings (SSSR count). The molecule has 1 aromatic heterocycles. The van der Waals surface area contributed by atoms with Gasteiger partial charge in [-0.15, -0.1) is 0 Å². The van der Waals surface area contributed by atoms with Crippen LogP contribution in [0.1, 0.15) is 61.9 Å². The Balaban J connectivity index is 1.16. The van der Waals surface area contributed by atoms with Crippen molar-refractivity contribution in [2.45, 2.75) is 64.0 Å². The minimum atomic E-state index is -0.124. The third kappa shape index (κ3) is 5.92. The number of aromatic nitrogens is 1. The summed E-state index contributed by atoms with van der Waals surface area (Å²) in [5.41, 5.74) is 3.63. The molecule has 1 fully saturated rings. The number of nitrogens with one attached hydrogen (secondary N) is 1. The fraction of sp³-hybridized carbons (Fsp3) is 0.538. The molecule has 0 amide bonds. The fourth-order valence-electron chi connectivity index (χ4n) is 4.80. The number of nitrogens with zero attached hydrogens (tertiary/aromatic N) is 2. The van der Waals surface area contributed by atoms with Crippen LogP contribution in [-0.2, 0) is 22.4 Å². The SMILES string of the molecule is CC(=O)[C@@H](c1ccccc1)N1CCC(OCCCCc2ccc3c(n2)NCCC3)CC1. The summed E-state index contributed by atoms with van der Waals surface area (Å²) in [7, 11) is 0. The maximum absolute atomic E-state index is 12.3. The molecule has 0 saturated carbocycles.